The molecule has 0 radical (unpaired) electrons. The lowest BCUT2D eigenvalue weighted by molar-refractivity contribution is -0.139. The molecule has 1 rings (SSSR count). The number of carbonyl (C=O) groups is 1. The van der Waals surface area contributed by atoms with Gasteiger partial charge in [0.15, 0.2) is 0 Å². The molecule has 0 saturated carbocycles. The number of carbonyl (C=O) groups excluding carboxylic acids is 1. The second kappa shape index (κ2) is 6.74. The molecule has 0 saturated heterocycles. The van der Waals surface area contributed by atoms with Crippen LogP contribution in [0.3, 0.4) is 0 Å². The Labute approximate surface area is 121 Å². The quantitative estimate of drug-likeness (QED) is 0.611. The minimum atomic E-state index is -4.44. The molecule has 0 aliphatic rings. The monoisotopic (exact) mass is 301 g/mol. The first-order chi connectivity index (χ1) is 9.61. The molecule has 1 aromatic carbocycles. The lowest BCUT2D eigenvalue weighted by atomic mass is 10.1. The average molecular weight is 301 g/mol. The van der Waals surface area contributed by atoms with Crippen molar-refractivity contribution in [1.29, 1.82) is 0 Å². The van der Waals surface area contributed by atoms with E-state index >= 15 is 0 Å². The number of esters is 1. The second-order valence-corrected chi connectivity index (χ2v) is 5.15. The van der Waals surface area contributed by atoms with E-state index in [1.807, 2.05) is 0 Å². The van der Waals surface area contributed by atoms with Crippen molar-refractivity contribution in [2.75, 3.05) is 0 Å². The fraction of sp³-hybridized carbons (Fsp3) is 0.467. The number of halogens is 3. The predicted octanol–water partition coefficient (Wildman–Crippen LogP) is 4.39. The molecule has 0 N–H and O–H groups in total. The first-order valence-corrected chi connectivity index (χ1v) is 6.58. The lowest BCUT2D eigenvalue weighted by Crippen LogP contribution is -2.25. The number of aliphatic imine (C=N–C) groups is 1. The van der Waals surface area contributed by atoms with Crippen LogP contribution in [0.25, 0.3) is 0 Å². The summed E-state index contributed by atoms with van der Waals surface area (Å²) in [6.07, 6.45) is -4.76. The Morgan fingerprint density at radius 1 is 1.19 bits per heavy atom. The van der Waals surface area contributed by atoms with Crippen molar-refractivity contribution in [1.82, 2.24) is 0 Å². The summed E-state index contributed by atoms with van der Waals surface area (Å²) >= 11 is 0. The first kappa shape index (κ1) is 17.2. The molecule has 0 bridgehead atoms. The third-order valence-electron chi connectivity index (χ3n) is 2.52. The molecular weight excluding hydrogens is 283 g/mol. The Morgan fingerprint density at radius 2 is 1.81 bits per heavy atom. The van der Waals surface area contributed by atoms with Gasteiger partial charge in [0.2, 0.25) is 0 Å². The van der Waals surface area contributed by atoms with Crippen LogP contribution in [0.1, 0.15) is 33.3 Å². The molecule has 0 heterocycles. The summed E-state index contributed by atoms with van der Waals surface area (Å²) in [5.74, 6) is -0.872. The fourth-order valence-corrected chi connectivity index (χ4v) is 1.58. The van der Waals surface area contributed by atoms with E-state index < -0.39 is 17.7 Å². The van der Waals surface area contributed by atoms with Crippen LogP contribution in [0, 0.1) is 5.92 Å². The largest absolute Gasteiger partial charge is 0.458 e. The maximum absolute atomic E-state index is 12.7. The molecule has 1 aromatic rings. The highest BCUT2D eigenvalue weighted by atomic mass is 19.4. The smallest absolute Gasteiger partial charge is 0.416 e. The Hall–Kier alpha value is -1.85. The third-order valence-corrected chi connectivity index (χ3v) is 2.52. The molecule has 0 atom stereocenters. The maximum Gasteiger partial charge on any atom is 0.416 e. The van der Waals surface area contributed by atoms with Gasteiger partial charge in [0.25, 0.3) is 0 Å². The van der Waals surface area contributed by atoms with Crippen molar-refractivity contribution in [2.45, 2.75) is 40.0 Å². The van der Waals surface area contributed by atoms with Gasteiger partial charge in [-0.1, -0.05) is 19.9 Å². The van der Waals surface area contributed by atoms with E-state index in [0.29, 0.717) is 0 Å². The molecule has 116 valence electrons. The molecule has 6 heteroatoms. The molecule has 0 aromatic heterocycles. The summed E-state index contributed by atoms with van der Waals surface area (Å²) in [7, 11) is 0. The van der Waals surface area contributed by atoms with Crippen LogP contribution < -0.4 is 0 Å². The zero-order chi connectivity index (χ0) is 16.2. The van der Waals surface area contributed by atoms with Gasteiger partial charge < -0.3 is 4.74 Å². The molecule has 0 aliphatic carbocycles. The minimum absolute atomic E-state index is 0.0780. The normalized spacial score (nSPS) is 12.9. The van der Waals surface area contributed by atoms with Crippen LogP contribution in [0.15, 0.2) is 29.3 Å². The van der Waals surface area contributed by atoms with Gasteiger partial charge in [-0.3, -0.25) is 0 Å². The van der Waals surface area contributed by atoms with Gasteiger partial charge in [0.1, 0.15) is 5.71 Å². The van der Waals surface area contributed by atoms with Gasteiger partial charge in [-0.05, 0) is 32.0 Å². The highest BCUT2D eigenvalue weighted by Crippen LogP contribution is 2.31. The summed E-state index contributed by atoms with van der Waals surface area (Å²) in [4.78, 5) is 15.9. The van der Waals surface area contributed by atoms with Gasteiger partial charge in [-0.25, -0.2) is 9.79 Å². The van der Waals surface area contributed by atoms with Crippen LogP contribution in [0.4, 0.5) is 18.9 Å². The molecule has 0 unspecified atom stereocenters. The summed E-state index contributed by atoms with van der Waals surface area (Å²) in [6, 6.07) is 4.54. The Kier molecular flexibility index (Phi) is 5.52. The van der Waals surface area contributed by atoms with E-state index in [-0.39, 0.29) is 23.4 Å². The van der Waals surface area contributed by atoms with Crippen LogP contribution in [0.2, 0.25) is 0 Å². The summed E-state index contributed by atoms with van der Waals surface area (Å²) < 4.78 is 43.0. The summed E-state index contributed by atoms with van der Waals surface area (Å²) in [5.41, 5.74) is -0.624. The molecule has 3 nitrogen and oxygen atoms in total. The second-order valence-electron chi connectivity index (χ2n) is 5.15. The van der Waals surface area contributed by atoms with Crippen molar-refractivity contribution in [3.05, 3.63) is 29.8 Å². The molecular formula is C15H18F3NO2. The zero-order valence-electron chi connectivity index (χ0n) is 12.4. The number of hydrogen-bond donors (Lipinski definition) is 0. The van der Waals surface area contributed by atoms with Crippen LogP contribution in [0.5, 0.6) is 0 Å². The summed E-state index contributed by atoms with van der Waals surface area (Å²) in [5, 5.41) is 0. The number of alkyl halides is 3. The van der Waals surface area contributed by atoms with E-state index in [1.54, 1.807) is 27.7 Å². The van der Waals surface area contributed by atoms with Gasteiger partial charge in [-0.2, -0.15) is 13.2 Å². The standard InChI is InChI=1S/C15H18F3NO2/c1-9(2)13(14(20)21-10(3)4)19-12-7-5-6-11(8-12)15(16,17)18/h5-10H,1-4H3/b19-13-. The van der Waals surface area contributed by atoms with Crippen molar-refractivity contribution in [3.63, 3.8) is 0 Å². The number of rotatable bonds is 4. The Balaban J connectivity index is 3.15. The zero-order valence-corrected chi connectivity index (χ0v) is 12.4. The van der Waals surface area contributed by atoms with Crippen molar-refractivity contribution in [2.24, 2.45) is 10.9 Å². The van der Waals surface area contributed by atoms with Crippen molar-refractivity contribution in [3.8, 4) is 0 Å². The highest BCUT2D eigenvalue weighted by molar-refractivity contribution is 6.37. The number of ether oxygens (including phenoxy) is 1. The highest BCUT2D eigenvalue weighted by Gasteiger charge is 2.30. The molecule has 0 amide bonds. The number of benzene rings is 1. The van der Waals surface area contributed by atoms with Crippen LogP contribution >= 0.6 is 0 Å². The molecule has 0 spiro atoms. The average Bonchev–Trinajstić information content (AvgIpc) is 2.34. The molecule has 0 aliphatic heterocycles. The van der Waals surface area contributed by atoms with Gasteiger partial charge >= 0.3 is 12.1 Å². The van der Waals surface area contributed by atoms with E-state index in [4.69, 9.17) is 4.74 Å². The maximum atomic E-state index is 12.7. The Bertz CT molecular complexity index is 534. The van der Waals surface area contributed by atoms with Crippen molar-refractivity contribution < 1.29 is 22.7 Å². The van der Waals surface area contributed by atoms with E-state index in [1.165, 1.54) is 12.1 Å². The van der Waals surface area contributed by atoms with E-state index in [9.17, 15) is 18.0 Å². The van der Waals surface area contributed by atoms with E-state index in [0.717, 1.165) is 12.1 Å². The van der Waals surface area contributed by atoms with Crippen LogP contribution in [-0.2, 0) is 15.7 Å². The van der Waals surface area contributed by atoms with E-state index in [2.05, 4.69) is 4.99 Å². The lowest BCUT2D eigenvalue weighted by Gasteiger charge is -2.13. The predicted molar refractivity (Wildman–Crippen MR) is 74.6 cm³/mol. The van der Waals surface area contributed by atoms with Crippen molar-refractivity contribution >= 4 is 17.4 Å². The first-order valence-electron chi connectivity index (χ1n) is 6.58. The summed E-state index contributed by atoms with van der Waals surface area (Å²) in [6.45, 7) is 6.85. The molecule has 21 heavy (non-hydrogen) atoms. The third kappa shape index (κ3) is 5.21. The van der Waals surface area contributed by atoms with Crippen LogP contribution in [-0.4, -0.2) is 17.8 Å². The Morgan fingerprint density at radius 3 is 2.29 bits per heavy atom. The van der Waals surface area contributed by atoms with Gasteiger partial charge in [0, 0.05) is 5.92 Å². The minimum Gasteiger partial charge on any atom is -0.458 e. The number of nitrogens with zero attached hydrogens (tertiary/aromatic N) is 1. The van der Waals surface area contributed by atoms with Gasteiger partial charge in [0.05, 0.1) is 17.4 Å². The fourth-order valence-electron chi connectivity index (χ4n) is 1.58. The number of hydrogen-bond acceptors (Lipinski definition) is 3. The SMILES string of the molecule is CC(C)OC(=O)/C(=N\c1cccc(C(F)(F)F)c1)C(C)C. The topological polar surface area (TPSA) is 38.7 Å². The molecule has 0 fully saturated rings. The van der Waals surface area contributed by atoms with Gasteiger partial charge in [-0.15, -0.1) is 0 Å².